The number of hydrogen-bond donors (Lipinski definition) is 0. The molecule has 1 aliphatic heterocycles. The Kier molecular flexibility index (Phi) is 5.37. The molecule has 1 aromatic heterocycles. The third-order valence-corrected chi connectivity index (χ3v) is 4.78. The van der Waals surface area contributed by atoms with Gasteiger partial charge in [0.2, 0.25) is 5.88 Å². The van der Waals surface area contributed by atoms with Crippen LogP contribution in [-0.4, -0.2) is 35.0 Å². The molecule has 28 heavy (non-hydrogen) atoms. The summed E-state index contributed by atoms with van der Waals surface area (Å²) in [6, 6.07) is 9.30. The average molecular weight is 392 g/mol. The van der Waals surface area contributed by atoms with Crippen LogP contribution in [0.25, 0.3) is 0 Å². The monoisotopic (exact) mass is 392 g/mol. The predicted octanol–water partition coefficient (Wildman–Crippen LogP) is 4.69. The highest BCUT2D eigenvalue weighted by Crippen LogP contribution is 2.31. The van der Waals surface area contributed by atoms with Gasteiger partial charge in [0.15, 0.2) is 0 Å². The molecule has 0 aliphatic carbocycles. The zero-order valence-electron chi connectivity index (χ0n) is 16.1. The molecule has 1 aromatic carbocycles. The molecule has 2 heterocycles. The van der Waals surface area contributed by atoms with Crippen molar-refractivity contribution < 1.29 is 22.7 Å². The van der Waals surface area contributed by atoms with Gasteiger partial charge in [-0.25, -0.2) is 4.98 Å². The number of alkyl halides is 3. The van der Waals surface area contributed by atoms with E-state index in [2.05, 4.69) is 25.8 Å². The van der Waals surface area contributed by atoms with E-state index < -0.39 is 11.7 Å². The van der Waals surface area contributed by atoms with Crippen LogP contribution < -0.4 is 4.74 Å². The minimum absolute atomic E-state index is 0.00606. The van der Waals surface area contributed by atoms with E-state index in [0.717, 1.165) is 23.9 Å². The van der Waals surface area contributed by atoms with Crippen LogP contribution in [0.5, 0.6) is 5.88 Å². The van der Waals surface area contributed by atoms with Gasteiger partial charge in [-0.2, -0.15) is 13.2 Å². The number of aromatic nitrogens is 1. The lowest BCUT2D eigenvalue weighted by Crippen LogP contribution is -2.31. The van der Waals surface area contributed by atoms with E-state index in [9.17, 15) is 18.0 Å². The molecule has 0 saturated carbocycles. The molecule has 7 heteroatoms. The molecule has 0 spiro atoms. The van der Waals surface area contributed by atoms with Crippen LogP contribution in [0.1, 0.15) is 48.7 Å². The summed E-state index contributed by atoms with van der Waals surface area (Å²) in [7, 11) is 0. The number of pyridine rings is 1. The number of hydrogen-bond acceptors (Lipinski definition) is 3. The van der Waals surface area contributed by atoms with E-state index in [0.29, 0.717) is 25.1 Å². The number of rotatable bonds is 3. The van der Waals surface area contributed by atoms with Crippen LogP contribution >= 0.6 is 0 Å². The van der Waals surface area contributed by atoms with Gasteiger partial charge in [0.25, 0.3) is 5.91 Å². The van der Waals surface area contributed by atoms with Gasteiger partial charge in [0.05, 0.1) is 12.1 Å². The van der Waals surface area contributed by atoms with E-state index >= 15 is 0 Å². The number of carbonyl (C=O) groups is 1. The van der Waals surface area contributed by atoms with Crippen molar-refractivity contribution in [3.8, 4) is 5.88 Å². The maximum Gasteiger partial charge on any atom is 0.416 e. The number of nitrogens with zero attached hydrogens (tertiary/aromatic N) is 2. The lowest BCUT2D eigenvalue weighted by molar-refractivity contribution is -0.137. The first-order valence-corrected chi connectivity index (χ1v) is 9.14. The Morgan fingerprint density at radius 2 is 1.79 bits per heavy atom. The fourth-order valence-corrected chi connectivity index (χ4v) is 3.13. The Morgan fingerprint density at radius 3 is 2.39 bits per heavy atom. The number of carbonyl (C=O) groups excluding carboxylic acids is 1. The maximum absolute atomic E-state index is 12.8. The number of halogens is 3. The normalized spacial score (nSPS) is 17.6. The van der Waals surface area contributed by atoms with E-state index in [1.165, 1.54) is 0 Å². The molecule has 0 radical (unpaired) electrons. The van der Waals surface area contributed by atoms with Crippen LogP contribution in [0.3, 0.4) is 0 Å². The van der Waals surface area contributed by atoms with Crippen molar-refractivity contribution in [3.63, 3.8) is 0 Å². The van der Waals surface area contributed by atoms with E-state index in [1.54, 1.807) is 4.90 Å². The largest absolute Gasteiger partial charge is 0.472 e. The highest BCUT2D eigenvalue weighted by Gasteiger charge is 2.32. The van der Waals surface area contributed by atoms with Gasteiger partial charge in [-0.15, -0.1) is 0 Å². The van der Waals surface area contributed by atoms with Crippen LogP contribution in [0.15, 0.2) is 42.6 Å². The molecule has 3 rings (SSSR count). The van der Waals surface area contributed by atoms with Crippen LogP contribution in [0.2, 0.25) is 0 Å². The zero-order valence-corrected chi connectivity index (χ0v) is 16.1. The smallest absolute Gasteiger partial charge is 0.416 e. The van der Waals surface area contributed by atoms with Gasteiger partial charge < -0.3 is 9.64 Å². The second-order valence-corrected chi connectivity index (χ2v) is 7.99. The molecule has 150 valence electrons. The molecule has 1 aliphatic rings. The quantitative estimate of drug-likeness (QED) is 0.761. The summed E-state index contributed by atoms with van der Waals surface area (Å²) in [6.07, 6.45) is -3.21. The Morgan fingerprint density at radius 1 is 1.11 bits per heavy atom. The van der Waals surface area contributed by atoms with Gasteiger partial charge in [-0.05, 0) is 29.2 Å². The van der Waals surface area contributed by atoms with E-state index in [1.807, 2.05) is 24.3 Å². The molecular formula is C21H23F3N2O2. The summed E-state index contributed by atoms with van der Waals surface area (Å²) in [6.45, 7) is 7.12. The Labute approximate surface area is 162 Å². The predicted molar refractivity (Wildman–Crippen MR) is 99.3 cm³/mol. The molecule has 1 atom stereocenters. The average Bonchev–Trinajstić information content (AvgIpc) is 3.08. The Bertz CT molecular complexity index is 842. The minimum atomic E-state index is -4.45. The molecule has 2 aromatic rings. The van der Waals surface area contributed by atoms with Gasteiger partial charge in [-0.3, -0.25) is 4.79 Å². The van der Waals surface area contributed by atoms with Gasteiger partial charge in [0, 0.05) is 30.8 Å². The van der Waals surface area contributed by atoms with Crippen LogP contribution in [0, 0.1) is 0 Å². The molecule has 0 bridgehead atoms. The van der Waals surface area contributed by atoms with Crippen LogP contribution in [-0.2, 0) is 11.6 Å². The van der Waals surface area contributed by atoms with Gasteiger partial charge in [-0.1, -0.05) is 32.9 Å². The summed E-state index contributed by atoms with van der Waals surface area (Å²) in [4.78, 5) is 18.2. The van der Waals surface area contributed by atoms with Crippen molar-refractivity contribution in [2.45, 2.75) is 44.9 Å². The summed E-state index contributed by atoms with van der Waals surface area (Å²) in [5.41, 5.74) is 0.932. The van der Waals surface area contributed by atoms with Crippen molar-refractivity contribution in [2.75, 3.05) is 13.1 Å². The number of likely N-dealkylation sites (tertiary alicyclic amines) is 1. The standard InChI is InChI=1S/C21H23F3N2O2/c1-20(2,3)15-6-4-14(5-7-15)19(27)26-11-9-17(13-26)28-18-12-16(8-10-25-18)21(22,23)24/h4-8,10,12,17H,9,11,13H2,1-3H3/t17-/m0/s1. The third-order valence-electron chi connectivity index (χ3n) is 4.78. The molecule has 0 N–H and O–H groups in total. The molecule has 1 saturated heterocycles. The number of ether oxygens (including phenoxy) is 1. The fraction of sp³-hybridized carbons (Fsp3) is 0.429. The minimum Gasteiger partial charge on any atom is -0.472 e. The Hall–Kier alpha value is -2.57. The first-order chi connectivity index (χ1) is 13.0. The summed E-state index contributed by atoms with van der Waals surface area (Å²) in [5.74, 6) is -0.188. The lowest BCUT2D eigenvalue weighted by Gasteiger charge is -2.20. The maximum atomic E-state index is 12.8. The summed E-state index contributed by atoms with van der Waals surface area (Å²) in [5, 5.41) is 0. The van der Waals surface area contributed by atoms with Crippen molar-refractivity contribution in [2.24, 2.45) is 0 Å². The Balaban J connectivity index is 1.63. The first-order valence-electron chi connectivity index (χ1n) is 9.14. The van der Waals surface area contributed by atoms with Crippen molar-refractivity contribution >= 4 is 5.91 Å². The van der Waals surface area contributed by atoms with Crippen molar-refractivity contribution in [1.29, 1.82) is 0 Å². The summed E-state index contributed by atoms with van der Waals surface area (Å²) >= 11 is 0. The second-order valence-electron chi connectivity index (χ2n) is 7.99. The van der Waals surface area contributed by atoms with E-state index in [-0.39, 0.29) is 23.3 Å². The summed E-state index contributed by atoms with van der Waals surface area (Å²) < 4.78 is 44.0. The zero-order chi connectivity index (χ0) is 20.5. The topological polar surface area (TPSA) is 42.4 Å². The highest BCUT2D eigenvalue weighted by atomic mass is 19.4. The van der Waals surface area contributed by atoms with Crippen molar-refractivity contribution in [3.05, 3.63) is 59.3 Å². The third kappa shape index (κ3) is 4.64. The molecule has 0 unspecified atom stereocenters. The number of amides is 1. The van der Waals surface area contributed by atoms with Gasteiger partial charge >= 0.3 is 6.18 Å². The first kappa shape index (κ1) is 20.2. The van der Waals surface area contributed by atoms with Gasteiger partial charge in [0.1, 0.15) is 6.10 Å². The highest BCUT2D eigenvalue weighted by molar-refractivity contribution is 5.94. The second kappa shape index (κ2) is 7.45. The fourth-order valence-electron chi connectivity index (χ4n) is 3.13. The molecule has 1 fully saturated rings. The SMILES string of the molecule is CC(C)(C)c1ccc(C(=O)N2CC[C@H](Oc3cc(C(F)(F)F)ccn3)C2)cc1. The van der Waals surface area contributed by atoms with Crippen LogP contribution in [0.4, 0.5) is 13.2 Å². The lowest BCUT2D eigenvalue weighted by atomic mass is 9.86. The van der Waals surface area contributed by atoms with E-state index in [4.69, 9.17) is 4.74 Å². The molecule has 1 amide bonds. The number of benzene rings is 1. The van der Waals surface area contributed by atoms with Crippen molar-refractivity contribution in [1.82, 2.24) is 9.88 Å². The molecular weight excluding hydrogens is 369 g/mol. The molecule has 4 nitrogen and oxygen atoms in total.